The smallest absolute Gasteiger partial charge is 0.355 e. The van der Waals surface area contributed by atoms with E-state index in [2.05, 4.69) is 10.6 Å². The zero-order valence-corrected chi connectivity index (χ0v) is 18.0. The van der Waals surface area contributed by atoms with Crippen LogP contribution in [0.5, 0.6) is 0 Å². The van der Waals surface area contributed by atoms with E-state index in [0.717, 1.165) is 22.4 Å². The summed E-state index contributed by atoms with van der Waals surface area (Å²) >= 11 is 0. The number of rotatable bonds is 7. The Labute approximate surface area is 177 Å². The third-order valence-electron chi connectivity index (χ3n) is 4.47. The SMILES string of the molecule is CC(=O)N/C(=C\c1ccccc1)C(=O)O[C@H](C)C(=O)Nc1c(C)cccc1C(C)C. The molecule has 6 heteroatoms. The van der Waals surface area contributed by atoms with E-state index < -0.39 is 23.9 Å². The van der Waals surface area contributed by atoms with E-state index >= 15 is 0 Å². The normalized spacial score (nSPS) is 12.3. The highest BCUT2D eigenvalue weighted by molar-refractivity contribution is 6.01. The van der Waals surface area contributed by atoms with Crippen LogP contribution >= 0.6 is 0 Å². The number of anilines is 1. The standard InChI is InChI=1S/C24H28N2O4/c1-15(2)20-13-9-10-16(3)22(20)26-23(28)17(4)30-24(29)21(25-18(5)27)14-19-11-7-6-8-12-19/h6-15,17H,1-5H3,(H,25,27)(H,26,28)/b21-14-/t17-/m1/s1. The average Bonchev–Trinajstić information content (AvgIpc) is 2.69. The summed E-state index contributed by atoms with van der Waals surface area (Å²) in [6, 6.07) is 14.9. The molecule has 0 bridgehead atoms. The van der Waals surface area contributed by atoms with Crippen LogP contribution in [0.2, 0.25) is 0 Å². The molecule has 2 rings (SSSR count). The fourth-order valence-electron chi connectivity index (χ4n) is 2.90. The predicted molar refractivity (Wildman–Crippen MR) is 118 cm³/mol. The van der Waals surface area contributed by atoms with Gasteiger partial charge in [0.2, 0.25) is 5.91 Å². The minimum absolute atomic E-state index is 0.0351. The molecule has 0 radical (unpaired) electrons. The van der Waals surface area contributed by atoms with Crippen molar-refractivity contribution in [1.82, 2.24) is 5.32 Å². The lowest BCUT2D eigenvalue weighted by Gasteiger charge is -2.19. The second kappa shape index (κ2) is 10.4. The summed E-state index contributed by atoms with van der Waals surface area (Å²) < 4.78 is 5.33. The van der Waals surface area contributed by atoms with Crippen molar-refractivity contribution in [3.05, 3.63) is 70.9 Å². The Morgan fingerprint density at radius 3 is 2.23 bits per heavy atom. The topological polar surface area (TPSA) is 84.5 Å². The van der Waals surface area contributed by atoms with Crippen molar-refractivity contribution in [3.63, 3.8) is 0 Å². The lowest BCUT2D eigenvalue weighted by atomic mass is 9.98. The van der Waals surface area contributed by atoms with Gasteiger partial charge in [0.25, 0.3) is 5.91 Å². The van der Waals surface area contributed by atoms with Gasteiger partial charge in [-0.25, -0.2) is 4.79 Å². The molecule has 0 fully saturated rings. The summed E-state index contributed by atoms with van der Waals surface area (Å²) in [5.74, 6) is -1.42. The highest BCUT2D eigenvalue weighted by atomic mass is 16.5. The van der Waals surface area contributed by atoms with Crippen molar-refractivity contribution in [2.45, 2.75) is 46.6 Å². The Kier molecular flexibility index (Phi) is 7.92. The monoisotopic (exact) mass is 408 g/mol. The summed E-state index contributed by atoms with van der Waals surface area (Å²) in [5.41, 5.74) is 3.34. The van der Waals surface area contributed by atoms with Crippen LogP contribution in [0.1, 0.15) is 50.3 Å². The van der Waals surface area contributed by atoms with Gasteiger partial charge < -0.3 is 15.4 Å². The average molecular weight is 408 g/mol. The molecule has 2 aromatic rings. The molecule has 6 nitrogen and oxygen atoms in total. The van der Waals surface area contributed by atoms with E-state index in [-0.39, 0.29) is 11.6 Å². The van der Waals surface area contributed by atoms with Crippen molar-refractivity contribution >= 4 is 29.5 Å². The van der Waals surface area contributed by atoms with E-state index in [9.17, 15) is 14.4 Å². The van der Waals surface area contributed by atoms with Gasteiger partial charge in [-0.1, -0.05) is 62.4 Å². The second-order valence-corrected chi connectivity index (χ2v) is 7.38. The van der Waals surface area contributed by atoms with Crippen molar-refractivity contribution in [3.8, 4) is 0 Å². The molecule has 0 aliphatic carbocycles. The van der Waals surface area contributed by atoms with Gasteiger partial charge >= 0.3 is 5.97 Å². The van der Waals surface area contributed by atoms with E-state index in [0.29, 0.717) is 0 Å². The number of amides is 2. The van der Waals surface area contributed by atoms with Gasteiger partial charge in [0, 0.05) is 12.6 Å². The minimum atomic E-state index is -1.05. The molecule has 158 valence electrons. The summed E-state index contributed by atoms with van der Waals surface area (Å²) in [4.78, 5) is 36.8. The highest BCUT2D eigenvalue weighted by Crippen LogP contribution is 2.27. The number of esters is 1. The number of para-hydroxylation sites is 1. The molecule has 2 aromatic carbocycles. The number of benzene rings is 2. The van der Waals surface area contributed by atoms with Crippen LogP contribution < -0.4 is 10.6 Å². The lowest BCUT2D eigenvalue weighted by molar-refractivity contribution is -0.149. The lowest BCUT2D eigenvalue weighted by Crippen LogP contribution is -2.34. The molecule has 2 N–H and O–H groups in total. The predicted octanol–water partition coefficient (Wildman–Crippen LogP) is 4.17. The van der Waals surface area contributed by atoms with Crippen molar-refractivity contribution in [2.24, 2.45) is 0 Å². The van der Waals surface area contributed by atoms with Gasteiger partial charge in [-0.2, -0.15) is 0 Å². The van der Waals surface area contributed by atoms with Crippen LogP contribution in [0.3, 0.4) is 0 Å². The maximum absolute atomic E-state index is 12.7. The third-order valence-corrected chi connectivity index (χ3v) is 4.47. The molecule has 0 aromatic heterocycles. The quantitative estimate of drug-likeness (QED) is 0.532. The van der Waals surface area contributed by atoms with Gasteiger partial charge in [0.1, 0.15) is 5.70 Å². The Morgan fingerprint density at radius 2 is 1.63 bits per heavy atom. The number of carbonyl (C=O) groups excluding carboxylic acids is 3. The van der Waals surface area contributed by atoms with E-state index in [4.69, 9.17) is 4.74 Å². The first kappa shape index (κ1) is 22.9. The molecule has 2 amide bonds. The Morgan fingerprint density at radius 1 is 0.967 bits per heavy atom. The zero-order chi connectivity index (χ0) is 22.3. The first-order chi connectivity index (χ1) is 14.2. The van der Waals surface area contributed by atoms with Crippen molar-refractivity contribution < 1.29 is 19.1 Å². The number of nitrogens with one attached hydrogen (secondary N) is 2. The van der Waals surface area contributed by atoms with Gasteiger partial charge in [-0.3, -0.25) is 9.59 Å². The largest absolute Gasteiger partial charge is 0.448 e. The van der Waals surface area contributed by atoms with E-state index in [1.54, 1.807) is 12.1 Å². The molecule has 0 aliphatic rings. The van der Waals surface area contributed by atoms with Gasteiger partial charge in [-0.15, -0.1) is 0 Å². The number of carbonyl (C=O) groups is 3. The molecule has 0 heterocycles. The van der Waals surface area contributed by atoms with Gasteiger partial charge in [0.05, 0.1) is 0 Å². The molecular formula is C24H28N2O4. The highest BCUT2D eigenvalue weighted by Gasteiger charge is 2.23. The summed E-state index contributed by atoms with van der Waals surface area (Å²) in [5, 5.41) is 5.34. The van der Waals surface area contributed by atoms with Gasteiger partial charge in [-0.05, 0) is 42.5 Å². The Hall–Kier alpha value is -3.41. The van der Waals surface area contributed by atoms with E-state index in [1.807, 2.05) is 57.2 Å². The van der Waals surface area contributed by atoms with Crippen LogP contribution in [0.25, 0.3) is 6.08 Å². The number of hydrogen-bond donors (Lipinski definition) is 2. The number of ether oxygens (including phenoxy) is 1. The second-order valence-electron chi connectivity index (χ2n) is 7.38. The fourth-order valence-corrected chi connectivity index (χ4v) is 2.90. The first-order valence-electron chi connectivity index (χ1n) is 9.84. The van der Waals surface area contributed by atoms with Crippen LogP contribution in [-0.4, -0.2) is 23.9 Å². The number of hydrogen-bond acceptors (Lipinski definition) is 4. The van der Waals surface area contributed by atoms with Gasteiger partial charge in [0.15, 0.2) is 6.10 Å². The molecule has 0 saturated carbocycles. The molecule has 0 aliphatic heterocycles. The molecule has 1 atom stereocenters. The molecule has 0 saturated heterocycles. The Bertz CT molecular complexity index is 949. The third kappa shape index (κ3) is 6.30. The van der Waals surface area contributed by atoms with Crippen LogP contribution in [0.15, 0.2) is 54.2 Å². The maximum atomic E-state index is 12.7. The molecule has 0 unspecified atom stereocenters. The van der Waals surface area contributed by atoms with Crippen LogP contribution in [0, 0.1) is 6.92 Å². The summed E-state index contributed by atoms with van der Waals surface area (Å²) in [7, 11) is 0. The molecular weight excluding hydrogens is 380 g/mol. The minimum Gasteiger partial charge on any atom is -0.448 e. The number of aryl methyl sites for hydroxylation is 1. The van der Waals surface area contributed by atoms with Crippen molar-refractivity contribution in [2.75, 3.05) is 5.32 Å². The summed E-state index contributed by atoms with van der Waals surface area (Å²) in [6.07, 6.45) is 0.456. The zero-order valence-electron chi connectivity index (χ0n) is 18.0. The van der Waals surface area contributed by atoms with E-state index in [1.165, 1.54) is 19.9 Å². The van der Waals surface area contributed by atoms with Crippen molar-refractivity contribution in [1.29, 1.82) is 0 Å². The van der Waals surface area contributed by atoms with Crippen LogP contribution in [-0.2, 0) is 19.1 Å². The maximum Gasteiger partial charge on any atom is 0.355 e. The fraction of sp³-hybridized carbons (Fsp3) is 0.292. The first-order valence-corrected chi connectivity index (χ1v) is 9.84. The van der Waals surface area contributed by atoms with Crippen LogP contribution in [0.4, 0.5) is 5.69 Å². The molecule has 30 heavy (non-hydrogen) atoms. The molecule has 0 spiro atoms. The Balaban J connectivity index is 2.16. The summed E-state index contributed by atoms with van der Waals surface area (Å²) in [6.45, 7) is 8.79.